The highest BCUT2D eigenvalue weighted by atomic mass is 35.5. The van der Waals surface area contributed by atoms with Gasteiger partial charge in [0.2, 0.25) is 0 Å². The van der Waals surface area contributed by atoms with E-state index in [0.29, 0.717) is 0 Å². The van der Waals surface area contributed by atoms with Crippen molar-refractivity contribution in [3.05, 3.63) is 53.1 Å². The van der Waals surface area contributed by atoms with Crippen molar-refractivity contribution in [3.8, 4) is 5.75 Å². The van der Waals surface area contributed by atoms with Crippen molar-refractivity contribution in [1.82, 2.24) is 0 Å². The molecule has 0 saturated heterocycles. The molecule has 0 amide bonds. The molecule has 0 aliphatic carbocycles. The summed E-state index contributed by atoms with van der Waals surface area (Å²) < 4.78 is 5.69. The Hall–Kier alpha value is -1.87. The average molecular weight is 303 g/mol. The molecule has 0 aromatic heterocycles. The van der Waals surface area contributed by atoms with E-state index in [1.807, 2.05) is 49.3 Å². The van der Waals surface area contributed by atoms with Gasteiger partial charge in [-0.1, -0.05) is 29.8 Å². The van der Waals surface area contributed by atoms with Gasteiger partial charge in [0.05, 0.1) is 23.4 Å². The van der Waals surface area contributed by atoms with E-state index in [-0.39, 0.29) is 6.04 Å². The Labute approximate surface area is 130 Å². The van der Waals surface area contributed by atoms with Crippen LogP contribution in [0.2, 0.25) is 5.02 Å². The van der Waals surface area contributed by atoms with E-state index in [4.69, 9.17) is 16.3 Å². The zero-order valence-corrected chi connectivity index (χ0v) is 13.0. The molecule has 1 N–H and O–H groups in total. The van der Waals surface area contributed by atoms with Crippen molar-refractivity contribution < 1.29 is 4.74 Å². The second-order valence-corrected chi connectivity index (χ2v) is 5.84. The minimum absolute atomic E-state index is 0.260. The van der Waals surface area contributed by atoms with Gasteiger partial charge < -0.3 is 15.0 Å². The number of ether oxygens (including phenoxy) is 1. The normalized spacial score (nSPS) is 16.8. The Kier molecular flexibility index (Phi) is 3.93. The highest BCUT2D eigenvalue weighted by Gasteiger charge is 2.20. The summed E-state index contributed by atoms with van der Waals surface area (Å²) in [6, 6.07) is 14.5. The zero-order chi connectivity index (χ0) is 14.8. The summed E-state index contributed by atoms with van der Waals surface area (Å²) in [7, 11) is 3.98. The number of hydrogen-bond donors (Lipinski definition) is 1. The molecule has 1 atom stereocenters. The molecule has 3 rings (SSSR count). The number of para-hydroxylation sites is 1. The SMILES string of the molecule is CN(C)c1ccc(NC2CCOc3ccccc32)cc1Cl. The van der Waals surface area contributed by atoms with Crippen LogP contribution in [0.25, 0.3) is 0 Å². The molecule has 3 nitrogen and oxygen atoms in total. The van der Waals surface area contributed by atoms with Gasteiger partial charge in [0.25, 0.3) is 0 Å². The summed E-state index contributed by atoms with van der Waals surface area (Å²) in [5.74, 6) is 0.970. The van der Waals surface area contributed by atoms with Crippen molar-refractivity contribution in [2.45, 2.75) is 12.5 Å². The third-order valence-electron chi connectivity index (χ3n) is 3.73. The first-order chi connectivity index (χ1) is 10.1. The van der Waals surface area contributed by atoms with Gasteiger partial charge in [0.15, 0.2) is 0 Å². The van der Waals surface area contributed by atoms with Crippen molar-refractivity contribution >= 4 is 23.0 Å². The van der Waals surface area contributed by atoms with E-state index in [2.05, 4.69) is 17.4 Å². The second kappa shape index (κ2) is 5.86. The summed E-state index contributed by atoms with van der Waals surface area (Å²) in [6.45, 7) is 0.734. The standard InChI is InChI=1S/C17H19ClN2O/c1-20(2)16-8-7-12(11-14(16)18)19-15-9-10-21-17-6-4-3-5-13(15)17/h3-8,11,15,19H,9-10H2,1-2H3. The largest absolute Gasteiger partial charge is 0.493 e. The summed E-state index contributed by atoms with van der Waals surface area (Å²) in [5, 5.41) is 4.32. The van der Waals surface area contributed by atoms with Crippen LogP contribution < -0.4 is 15.0 Å². The zero-order valence-electron chi connectivity index (χ0n) is 12.3. The van der Waals surface area contributed by atoms with Crippen molar-refractivity contribution in [3.63, 3.8) is 0 Å². The van der Waals surface area contributed by atoms with E-state index < -0.39 is 0 Å². The number of halogens is 1. The van der Waals surface area contributed by atoms with Gasteiger partial charge in [-0.3, -0.25) is 0 Å². The van der Waals surface area contributed by atoms with E-state index in [9.17, 15) is 0 Å². The lowest BCUT2D eigenvalue weighted by molar-refractivity contribution is 0.274. The smallest absolute Gasteiger partial charge is 0.124 e. The van der Waals surface area contributed by atoms with Crippen molar-refractivity contribution in [2.75, 3.05) is 30.9 Å². The number of benzene rings is 2. The molecule has 1 aliphatic rings. The molecule has 21 heavy (non-hydrogen) atoms. The van der Waals surface area contributed by atoms with Gasteiger partial charge in [0, 0.05) is 31.8 Å². The Bertz CT molecular complexity index is 642. The predicted octanol–water partition coefficient (Wildman–Crippen LogP) is 4.34. The molecule has 110 valence electrons. The van der Waals surface area contributed by atoms with Crippen LogP contribution in [0.4, 0.5) is 11.4 Å². The van der Waals surface area contributed by atoms with Crippen LogP contribution in [-0.4, -0.2) is 20.7 Å². The molecule has 4 heteroatoms. The lowest BCUT2D eigenvalue weighted by Gasteiger charge is -2.27. The van der Waals surface area contributed by atoms with Crippen LogP contribution in [0.15, 0.2) is 42.5 Å². The molecule has 1 heterocycles. The maximum absolute atomic E-state index is 6.34. The molecule has 0 bridgehead atoms. The molecular weight excluding hydrogens is 284 g/mol. The fraction of sp³-hybridized carbons (Fsp3) is 0.294. The van der Waals surface area contributed by atoms with Gasteiger partial charge in [-0.2, -0.15) is 0 Å². The average Bonchev–Trinajstić information content (AvgIpc) is 2.47. The van der Waals surface area contributed by atoms with Gasteiger partial charge >= 0.3 is 0 Å². The number of rotatable bonds is 3. The number of nitrogens with zero attached hydrogens (tertiary/aromatic N) is 1. The third kappa shape index (κ3) is 2.93. The molecular formula is C17H19ClN2O. The molecule has 1 aliphatic heterocycles. The van der Waals surface area contributed by atoms with Crippen LogP contribution in [0.3, 0.4) is 0 Å². The molecule has 0 saturated carbocycles. The lowest BCUT2D eigenvalue weighted by atomic mass is 10.0. The minimum atomic E-state index is 0.260. The van der Waals surface area contributed by atoms with E-state index >= 15 is 0 Å². The second-order valence-electron chi connectivity index (χ2n) is 5.43. The summed E-state index contributed by atoms with van der Waals surface area (Å²) >= 11 is 6.34. The van der Waals surface area contributed by atoms with Crippen molar-refractivity contribution in [2.24, 2.45) is 0 Å². The van der Waals surface area contributed by atoms with E-state index in [1.54, 1.807) is 0 Å². The van der Waals surface area contributed by atoms with Crippen LogP contribution in [0, 0.1) is 0 Å². The summed E-state index contributed by atoms with van der Waals surface area (Å²) in [5.41, 5.74) is 3.26. The van der Waals surface area contributed by atoms with Crippen LogP contribution in [0.5, 0.6) is 5.75 Å². The Balaban J connectivity index is 1.83. The van der Waals surface area contributed by atoms with Gasteiger partial charge in [-0.15, -0.1) is 0 Å². The third-order valence-corrected chi connectivity index (χ3v) is 4.03. The quantitative estimate of drug-likeness (QED) is 0.912. The highest BCUT2D eigenvalue weighted by Crippen LogP contribution is 2.35. The number of hydrogen-bond acceptors (Lipinski definition) is 3. The lowest BCUT2D eigenvalue weighted by Crippen LogP contribution is -2.20. The Morgan fingerprint density at radius 1 is 1.19 bits per heavy atom. The van der Waals surface area contributed by atoms with Crippen molar-refractivity contribution in [1.29, 1.82) is 0 Å². The topological polar surface area (TPSA) is 24.5 Å². The molecule has 2 aromatic rings. The minimum Gasteiger partial charge on any atom is -0.493 e. The fourth-order valence-corrected chi connectivity index (χ4v) is 3.00. The molecule has 1 unspecified atom stereocenters. The van der Waals surface area contributed by atoms with Gasteiger partial charge in [-0.25, -0.2) is 0 Å². The highest BCUT2D eigenvalue weighted by molar-refractivity contribution is 6.33. The molecule has 0 spiro atoms. The fourth-order valence-electron chi connectivity index (χ4n) is 2.65. The van der Waals surface area contributed by atoms with E-state index in [1.165, 1.54) is 5.56 Å². The number of nitrogens with one attached hydrogen (secondary N) is 1. The first kappa shape index (κ1) is 14.1. The molecule has 0 fully saturated rings. The molecule has 0 radical (unpaired) electrons. The monoisotopic (exact) mass is 302 g/mol. The Morgan fingerprint density at radius 2 is 2.00 bits per heavy atom. The van der Waals surface area contributed by atoms with Gasteiger partial charge in [0.1, 0.15) is 5.75 Å². The van der Waals surface area contributed by atoms with Gasteiger partial charge in [-0.05, 0) is 24.3 Å². The number of anilines is 2. The number of fused-ring (bicyclic) bond motifs is 1. The van der Waals surface area contributed by atoms with E-state index in [0.717, 1.165) is 35.2 Å². The summed E-state index contributed by atoms with van der Waals surface area (Å²) in [6.07, 6.45) is 0.948. The molecule has 2 aromatic carbocycles. The van der Waals surface area contributed by atoms with Crippen LogP contribution >= 0.6 is 11.6 Å². The first-order valence-corrected chi connectivity index (χ1v) is 7.48. The predicted molar refractivity (Wildman–Crippen MR) is 88.7 cm³/mol. The maximum atomic E-state index is 6.34. The Morgan fingerprint density at radius 3 is 2.76 bits per heavy atom. The first-order valence-electron chi connectivity index (χ1n) is 7.10. The maximum Gasteiger partial charge on any atom is 0.124 e. The van der Waals surface area contributed by atoms with Crippen LogP contribution in [0.1, 0.15) is 18.0 Å². The van der Waals surface area contributed by atoms with Crippen LogP contribution in [-0.2, 0) is 0 Å². The summed E-state index contributed by atoms with van der Waals surface area (Å²) in [4.78, 5) is 2.01.